The second-order valence-corrected chi connectivity index (χ2v) is 2.71. The Hall–Kier alpha value is -0.120. The first kappa shape index (κ1) is 5.65. The summed E-state index contributed by atoms with van der Waals surface area (Å²) in [6.07, 6.45) is 0. The van der Waals surface area contributed by atoms with E-state index in [4.69, 9.17) is 9.47 Å². The first-order valence-corrected chi connectivity index (χ1v) is 3.26. The van der Waals surface area contributed by atoms with Gasteiger partial charge in [0.15, 0.2) is 5.72 Å². The lowest BCUT2D eigenvalue weighted by Gasteiger charge is -2.41. The maximum atomic E-state index is 5.49. The number of ether oxygens (including phenoxy) is 2. The van der Waals surface area contributed by atoms with Crippen molar-refractivity contribution in [2.75, 3.05) is 33.4 Å². The summed E-state index contributed by atoms with van der Waals surface area (Å²) in [5.74, 6) is 0. The number of likely N-dealkylation sites (N-methyl/N-ethyl adjacent to an activating group) is 1. The summed E-state index contributed by atoms with van der Waals surface area (Å²) in [5.41, 5.74) is -0.0139. The summed E-state index contributed by atoms with van der Waals surface area (Å²) in [5, 5.41) is 0. The highest BCUT2D eigenvalue weighted by molar-refractivity contribution is 4.89. The summed E-state index contributed by atoms with van der Waals surface area (Å²) < 4.78 is 10.6. The molecule has 2 aliphatic heterocycles. The minimum atomic E-state index is -0.0139. The van der Waals surface area contributed by atoms with E-state index >= 15 is 0 Å². The molecular formula is C6H11NO2. The molecule has 9 heavy (non-hydrogen) atoms. The Labute approximate surface area is 54.5 Å². The summed E-state index contributed by atoms with van der Waals surface area (Å²) in [4.78, 5) is 2.22. The molecule has 0 N–H and O–H groups in total. The van der Waals surface area contributed by atoms with E-state index in [-0.39, 0.29) is 5.72 Å². The third kappa shape index (κ3) is 0.625. The highest BCUT2D eigenvalue weighted by atomic mass is 16.6. The Kier molecular flexibility index (Phi) is 1.06. The van der Waals surface area contributed by atoms with Crippen LogP contribution in [0.4, 0.5) is 0 Å². The van der Waals surface area contributed by atoms with E-state index in [0.29, 0.717) is 0 Å². The number of nitrogens with zero attached hydrogens (tertiary/aromatic N) is 1. The highest BCUT2D eigenvalue weighted by Crippen LogP contribution is 2.28. The molecule has 2 aliphatic rings. The van der Waals surface area contributed by atoms with Crippen molar-refractivity contribution >= 4 is 0 Å². The fourth-order valence-corrected chi connectivity index (χ4v) is 1.27. The maximum absolute atomic E-state index is 5.49. The smallest absolute Gasteiger partial charge is 0.168 e. The van der Waals surface area contributed by atoms with E-state index in [1.165, 1.54) is 0 Å². The first-order valence-electron chi connectivity index (χ1n) is 3.26. The van der Waals surface area contributed by atoms with E-state index in [2.05, 4.69) is 11.9 Å². The molecule has 0 radical (unpaired) electrons. The minimum absolute atomic E-state index is 0.0139. The van der Waals surface area contributed by atoms with E-state index in [1.807, 2.05) is 0 Å². The van der Waals surface area contributed by atoms with Crippen molar-refractivity contribution in [3.63, 3.8) is 0 Å². The van der Waals surface area contributed by atoms with E-state index in [0.717, 1.165) is 26.4 Å². The molecule has 3 heteroatoms. The van der Waals surface area contributed by atoms with Crippen molar-refractivity contribution in [1.82, 2.24) is 4.90 Å². The van der Waals surface area contributed by atoms with Crippen LogP contribution in [0.5, 0.6) is 0 Å². The predicted molar refractivity (Wildman–Crippen MR) is 32.1 cm³/mol. The molecule has 0 unspecified atom stereocenters. The molecule has 52 valence electrons. The molecule has 0 bridgehead atoms. The van der Waals surface area contributed by atoms with Crippen LogP contribution in [0.15, 0.2) is 0 Å². The lowest BCUT2D eigenvalue weighted by atomic mass is 10.2. The molecule has 0 aromatic heterocycles. The zero-order valence-electron chi connectivity index (χ0n) is 5.59. The van der Waals surface area contributed by atoms with Crippen LogP contribution >= 0.6 is 0 Å². The standard InChI is InChI=1S/C6H11NO2/c1-7-2-3-9-6(7)4-8-5-6/h2-5H2,1H3. The number of rotatable bonds is 0. The van der Waals surface area contributed by atoms with Crippen molar-refractivity contribution in [3.05, 3.63) is 0 Å². The van der Waals surface area contributed by atoms with Gasteiger partial charge in [0.25, 0.3) is 0 Å². The van der Waals surface area contributed by atoms with Crippen molar-refractivity contribution in [2.45, 2.75) is 5.72 Å². The van der Waals surface area contributed by atoms with Crippen molar-refractivity contribution in [2.24, 2.45) is 0 Å². The Morgan fingerprint density at radius 2 is 2.22 bits per heavy atom. The molecular weight excluding hydrogens is 118 g/mol. The second kappa shape index (κ2) is 1.68. The van der Waals surface area contributed by atoms with Gasteiger partial charge in [-0.25, -0.2) is 0 Å². The number of hydrogen-bond acceptors (Lipinski definition) is 3. The predicted octanol–water partition coefficient (Wildman–Crippen LogP) is -0.325. The van der Waals surface area contributed by atoms with Crippen molar-refractivity contribution < 1.29 is 9.47 Å². The van der Waals surface area contributed by atoms with Crippen LogP contribution in [0.3, 0.4) is 0 Å². The van der Waals surface area contributed by atoms with Gasteiger partial charge in [0.1, 0.15) is 0 Å². The van der Waals surface area contributed by atoms with Gasteiger partial charge >= 0.3 is 0 Å². The van der Waals surface area contributed by atoms with Crippen LogP contribution in [0.2, 0.25) is 0 Å². The molecule has 1 spiro atoms. The van der Waals surface area contributed by atoms with E-state index < -0.39 is 0 Å². The van der Waals surface area contributed by atoms with Crippen LogP contribution in [-0.4, -0.2) is 44.0 Å². The monoisotopic (exact) mass is 129 g/mol. The van der Waals surface area contributed by atoms with Crippen LogP contribution in [0, 0.1) is 0 Å². The van der Waals surface area contributed by atoms with Crippen LogP contribution in [0.25, 0.3) is 0 Å². The van der Waals surface area contributed by atoms with Gasteiger partial charge in [0, 0.05) is 6.54 Å². The molecule has 0 saturated carbocycles. The topological polar surface area (TPSA) is 21.7 Å². The lowest BCUT2D eigenvalue weighted by molar-refractivity contribution is -0.236. The van der Waals surface area contributed by atoms with Gasteiger partial charge in [0.2, 0.25) is 0 Å². The SMILES string of the molecule is CN1CCOC12COC2. The average molecular weight is 129 g/mol. The highest BCUT2D eigenvalue weighted by Gasteiger charge is 2.46. The third-order valence-corrected chi connectivity index (χ3v) is 2.15. The first-order chi connectivity index (χ1) is 4.33. The molecule has 2 rings (SSSR count). The zero-order valence-corrected chi connectivity index (χ0v) is 5.59. The fourth-order valence-electron chi connectivity index (χ4n) is 1.27. The molecule has 0 aromatic carbocycles. The molecule has 3 nitrogen and oxygen atoms in total. The molecule has 2 saturated heterocycles. The van der Waals surface area contributed by atoms with Gasteiger partial charge in [-0.1, -0.05) is 0 Å². The Balaban J connectivity index is 2.09. The molecule has 0 atom stereocenters. The number of hydrogen-bond donors (Lipinski definition) is 0. The van der Waals surface area contributed by atoms with Gasteiger partial charge in [0.05, 0.1) is 19.8 Å². The summed E-state index contributed by atoms with van der Waals surface area (Å²) in [7, 11) is 2.08. The second-order valence-electron chi connectivity index (χ2n) is 2.71. The van der Waals surface area contributed by atoms with Gasteiger partial charge in [-0.05, 0) is 7.05 Å². The molecule has 0 aliphatic carbocycles. The van der Waals surface area contributed by atoms with Crippen molar-refractivity contribution in [3.8, 4) is 0 Å². The maximum Gasteiger partial charge on any atom is 0.168 e. The summed E-state index contributed by atoms with van der Waals surface area (Å²) in [6.45, 7) is 3.41. The summed E-state index contributed by atoms with van der Waals surface area (Å²) >= 11 is 0. The molecule has 0 amide bonds. The van der Waals surface area contributed by atoms with Gasteiger partial charge in [-0.15, -0.1) is 0 Å². The summed E-state index contributed by atoms with van der Waals surface area (Å²) in [6, 6.07) is 0. The molecule has 2 heterocycles. The third-order valence-electron chi connectivity index (χ3n) is 2.15. The minimum Gasteiger partial charge on any atom is -0.372 e. The van der Waals surface area contributed by atoms with Gasteiger partial charge in [-0.3, -0.25) is 4.90 Å². The van der Waals surface area contributed by atoms with E-state index in [1.54, 1.807) is 0 Å². The normalized spacial score (nSPS) is 33.0. The van der Waals surface area contributed by atoms with Gasteiger partial charge < -0.3 is 9.47 Å². The van der Waals surface area contributed by atoms with Crippen molar-refractivity contribution in [1.29, 1.82) is 0 Å². The molecule has 0 aromatic rings. The Morgan fingerprint density at radius 3 is 2.44 bits per heavy atom. The Bertz CT molecular complexity index is 122. The lowest BCUT2D eigenvalue weighted by Crippen LogP contribution is -2.58. The Morgan fingerprint density at radius 1 is 1.44 bits per heavy atom. The quantitative estimate of drug-likeness (QED) is 0.447. The van der Waals surface area contributed by atoms with E-state index in [9.17, 15) is 0 Å². The van der Waals surface area contributed by atoms with Crippen LogP contribution < -0.4 is 0 Å². The fraction of sp³-hybridized carbons (Fsp3) is 1.00. The molecule has 2 fully saturated rings. The average Bonchev–Trinajstić information content (AvgIpc) is 2.07. The largest absolute Gasteiger partial charge is 0.372 e. The van der Waals surface area contributed by atoms with Crippen LogP contribution in [0.1, 0.15) is 0 Å². The van der Waals surface area contributed by atoms with Gasteiger partial charge in [-0.2, -0.15) is 0 Å². The zero-order chi connectivity index (χ0) is 6.32. The van der Waals surface area contributed by atoms with Crippen LogP contribution in [-0.2, 0) is 9.47 Å².